The summed E-state index contributed by atoms with van der Waals surface area (Å²) >= 11 is 5.32. The molecule has 0 saturated carbocycles. The van der Waals surface area contributed by atoms with Crippen LogP contribution in [0.3, 0.4) is 0 Å². The first-order chi connectivity index (χ1) is 8.75. The van der Waals surface area contributed by atoms with Crippen molar-refractivity contribution in [3.63, 3.8) is 0 Å². The molecular formula is C13H11ClO5. The summed E-state index contributed by atoms with van der Waals surface area (Å²) in [6.07, 6.45) is 0. The van der Waals surface area contributed by atoms with Gasteiger partial charge >= 0.3 is 0 Å². The van der Waals surface area contributed by atoms with Crippen molar-refractivity contribution in [2.24, 2.45) is 0 Å². The third-order valence-corrected chi connectivity index (χ3v) is 2.60. The average Bonchev–Trinajstić information content (AvgIpc) is 2.28. The number of benzene rings is 1. The van der Waals surface area contributed by atoms with Gasteiger partial charge in [0.25, 0.3) is 5.24 Å². The van der Waals surface area contributed by atoms with E-state index < -0.39 is 28.1 Å². The predicted molar refractivity (Wildman–Crippen MR) is 68.9 cm³/mol. The number of Topliss-reactive ketones (excluding diaryl/α,β-unsaturated/α-hetero) is 2. The van der Waals surface area contributed by atoms with Crippen LogP contribution in [0, 0.1) is 0 Å². The van der Waals surface area contributed by atoms with Gasteiger partial charge in [-0.1, -0.05) is 6.07 Å². The van der Waals surface area contributed by atoms with Gasteiger partial charge in [0.1, 0.15) is 0 Å². The average molecular weight is 283 g/mol. The topological polar surface area (TPSA) is 91.7 Å². The minimum absolute atomic E-state index is 0.127. The highest BCUT2D eigenvalue weighted by molar-refractivity contribution is 6.72. The van der Waals surface area contributed by atoms with Crippen molar-refractivity contribution in [1.29, 1.82) is 0 Å². The third-order valence-electron chi connectivity index (χ3n) is 2.41. The fourth-order valence-corrected chi connectivity index (χ4v) is 1.84. The van der Waals surface area contributed by atoms with E-state index in [1.165, 1.54) is 13.0 Å². The summed E-state index contributed by atoms with van der Waals surface area (Å²) in [5.41, 5.74) is -0.510. The van der Waals surface area contributed by atoms with Gasteiger partial charge in [0, 0.05) is 5.57 Å². The zero-order valence-electron chi connectivity index (χ0n) is 10.2. The Morgan fingerprint density at radius 1 is 1.00 bits per heavy atom. The molecule has 0 atom stereocenters. The molecule has 0 aliphatic rings. The molecular weight excluding hydrogens is 272 g/mol. The molecule has 0 heterocycles. The van der Waals surface area contributed by atoms with Crippen molar-refractivity contribution < 1.29 is 24.6 Å². The zero-order valence-corrected chi connectivity index (χ0v) is 11.0. The highest BCUT2D eigenvalue weighted by atomic mass is 35.5. The first-order valence-corrected chi connectivity index (χ1v) is 5.61. The number of ketones is 2. The molecule has 0 bridgehead atoms. The lowest BCUT2D eigenvalue weighted by Gasteiger charge is -2.09. The molecule has 0 aliphatic carbocycles. The summed E-state index contributed by atoms with van der Waals surface area (Å²) in [5, 5.41) is 17.6. The molecule has 100 valence electrons. The van der Waals surface area contributed by atoms with Crippen molar-refractivity contribution in [3.8, 4) is 11.5 Å². The molecule has 1 aromatic rings. The summed E-state index contributed by atoms with van der Waals surface area (Å²) in [6.45, 7) is 2.28. The Morgan fingerprint density at radius 2 is 1.58 bits per heavy atom. The molecule has 19 heavy (non-hydrogen) atoms. The van der Waals surface area contributed by atoms with Gasteiger partial charge in [0.05, 0.1) is 5.57 Å². The second-order valence-electron chi connectivity index (χ2n) is 3.84. The van der Waals surface area contributed by atoms with Crippen LogP contribution in [-0.4, -0.2) is 27.0 Å². The van der Waals surface area contributed by atoms with Crippen LogP contribution in [0.5, 0.6) is 11.5 Å². The number of rotatable bonds is 4. The van der Waals surface area contributed by atoms with Gasteiger partial charge in [0.2, 0.25) is 0 Å². The molecule has 2 N–H and O–H groups in total. The van der Waals surface area contributed by atoms with Crippen LogP contribution in [-0.2, 0) is 14.4 Å². The van der Waals surface area contributed by atoms with Crippen molar-refractivity contribution >= 4 is 34.0 Å². The number of phenolic OH excluding ortho intramolecular Hbond substituents is 2. The predicted octanol–water partition coefficient (Wildman–Crippen LogP) is 1.79. The van der Waals surface area contributed by atoms with E-state index in [0.29, 0.717) is 0 Å². The minimum atomic E-state index is -1.05. The lowest BCUT2D eigenvalue weighted by atomic mass is 9.95. The maximum atomic E-state index is 11.6. The number of carbonyl (C=O) groups is 3. The summed E-state index contributed by atoms with van der Waals surface area (Å²) in [6, 6.07) is 3.52. The van der Waals surface area contributed by atoms with E-state index in [4.69, 9.17) is 11.6 Å². The number of phenols is 2. The molecule has 5 nitrogen and oxygen atoms in total. The monoisotopic (exact) mass is 282 g/mol. The van der Waals surface area contributed by atoms with Gasteiger partial charge in [-0.15, -0.1) is 0 Å². The lowest BCUT2D eigenvalue weighted by Crippen LogP contribution is -2.12. The summed E-state index contributed by atoms with van der Waals surface area (Å²) in [4.78, 5) is 34.3. The number of carbonyl (C=O) groups excluding carboxylic acids is 3. The number of allylic oxidation sites excluding steroid dienone is 2. The van der Waals surface area contributed by atoms with Crippen molar-refractivity contribution in [2.45, 2.75) is 13.8 Å². The van der Waals surface area contributed by atoms with Crippen LogP contribution >= 0.6 is 11.6 Å². The van der Waals surface area contributed by atoms with Crippen molar-refractivity contribution in [2.75, 3.05) is 0 Å². The summed E-state index contributed by atoms with van der Waals surface area (Å²) < 4.78 is 0. The van der Waals surface area contributed by atoms with E-state index in [1.54, 1.807) is 0 Å². The van der Waals surface area contributed by atoms with E-state index in [1.807, 2.05) is 0 Å². The van der Waals surface area contributed by atoms with E-state index in [2.05, 4.69) is 0 Å². The van der Waals surface area contributed by atoms with E-state index >= 15 is 0 Å². The fraction of sp³-hybridized carbons (Fsp3) is 0.154. The van der Waals surface area contributed by atoms with Gasteiger partial charge < -0.3 is 10.2 Å². The van der Waals surface area contributed by atoms with E-state index in [-0.39, 0.29) is 16.9 Å². The molecule has 0 spiro atoms. The van der Waals surface area contributed by atoms with Crippen molar-refractivity contribution in [1.82, 2.24) is 0 Å². The molecule has 0 amide bonds. The molecule has 0 saturated heterocycles. The van der Waals surface area contributed by atoms with E-state index in [0.717, 1.165) is 19.1 Å². The normalized spacial score (nSPS) is 11.7. The van der Waals surface area contributed by atoms with Crippen LogP contribution < -0.4 is 0 Å². The lowest BCUT2D eigenvalue weighted by molar-refractivity contribution is -0.118. The Hall–Kier alpha value is -2.14. The Labute approximate surface area is 114 Å². The second-order valence-corrected chi connectivity index (χ2v) is 4.18. The maximum Gasteiger partial charge on any atom is 0.256 e. The third kappa shape index (κ3) is 3.20. The van der Waals surface area contributed by atoms with E-state index in [9.17, 15) is 24.6 Å². The van der Waals surface area contributed by atoms with Gasteiger partial charge in [-0.25, -0.2) is 0 Å². The van der Waals surface area contributed by atoms with Crippen LogP contribution in [0.15, 0.2) is 23.8 Å². The minimum Gasteiger partial charge on any atom is -0.504 e. The number of aromatic hydroxyl groups is 2. The first kappa shape index (κ1) is 14.9. The number of hydrogen-bond donors (Lipinski definition) is 2. The zero-order chi connectivity index (χ0) is 14.7. The molecule has 0 aliphatic heterocycles. The van der Waals surface area contributed by atoms with Gasteiger partial charge in [-0.2, -0.15) is 0 Å². The first-order valence-electron chi connectivity index (χ1n) is 5.24. The molecule has 6 heteroatoms. The number of halogens is 1. The quantitative estimate of drug-likeness (QED) is 0.289. The Kier molecular flexibility index (Phi) is 4.45. The fourth-order valence-electron chi connectivity index (χ4n) is 1.62. The Balaban J connectivity index is 3.64. The SMILES string of the molecule is CC(=O)C(C(=O)Cl)=C(C(C)=O)c1ccc(O)c(O)c1. The standard InChI is InChI=1S/C13H11ClO5/c1-6(15)11(12(7(2)16)13(14)19)8-3-4-9(17)10(18)5-8/h3-5,17-18H,1-2H3. The second kappa shape index (κ2) is 5.67. The molecule has 0 aromatic heterocycles. The summed E-state index contributed by atoms with van der Waals surface area (Å²) in [7, 11) is 0. The van der Waals surface area contributed by atoms with Crippen LogP contribution in [0.1, 0.15) is 19.4 Å². The molecule has 1 aromatic carbocycles. The maximum absolute atomic E-state index is 11.6. The Morgan fingerprint density at radius 3 is 1.95 bits per heavy atom. The largest absolute Gasteiger partial charge is 0.504 e. The smallest absolute Gasteiger partial charge is 0.256 e. The summed E-state index contributed by atoms with van der Waals surface area (Å²) in [5.74, 6) is -2.06. The van der Waals surface area contributed by atoms with Crippen LogP contribution in [0.25, 0.3) is 5.57 Å². The molecule has 0 unspecified atom stereocenters. The highest BCUT2D eigenvalue weighted by Gasteiger charge is 2.23. The van der Waals surface area contributed by atoms with Gasteiger partial charge in [-0.05, 0) is 43.1 Å². The van der Waals surface area contributed by atoms with Crippen LogP contribution in [0.2, 0.25) is 0 Å². The highest BCUT2D eigenvalue weighted by Crippen LogP contribution is 2.30. The number of hydrogen-bond acceptors (Lipinski definition) is 5. The van der Waals surface area contributed by atoms with Crippen LogP contribution in [0.4, 0.5) is 0 Å². The molecule has 0 fully saturated rings. The van der Waals surface area contributed by atoms with Gasteiger partial charge in [0.15, 0.2) is 23.1 Å². The Bertz CT molecular complexity index is 585. The van der Waals surface area contributed by atoms with Crippen molar-refractivity contribution in [3.05, 3.63) is 29.3 Å². The van der Waals surface area contributed by atoms with Gasteiger partial charge in [-0.3, -0.25) is 14.4 Å². The molecule has 1 rings (SSSR count). The molecule has 0 radical (unpaired) electrons.